The Morgan fingerprint density at radius 2 is 1.94 bits per heavy atom. The molecule has 1 fully saturated rings. The van der Waals surface area contributed by atoms with E-state index in [-0.39, 0.29) is 11.9 Å². The van der Waals surface area contributed by atoms with Gasteiger partial charge in [0.1, 0.15) is 5.82 Å². The molecule has 0 saturated carbocycles. The third kappa shape index (κ3) is 2.79. The van der Waals surface area contributed by atoms with E-state index in [9.17, 15) is 0 Å². The van der Waals surface area contributed by atoms with Gasteiger partial charge in [-0.1, -0.05) is 6.92 Å². The fourth-order valence-electron chi connectivity index (χ4n) is 2.16. The zero-order valence-electron chi connectivity index (χ0n) is 9.56. The number of nitrogen functional groups attached to an aromatic ring is 2. The summed E-state index contributed by atoms with van der Waals surface area (Å²) < 4.78 is 0. The zero-order chi connectivity index (χ0) is 11.5. The molecule has 0 radical (unpaired) electrons. The van der Waals surface area contributed by atoms with Gasteiger partial charge < -0.3 is 11.5 Å². The van der Waals surface area contributed by atoms with Gasteiger partial charge in [0, 0.05) is 6.54 Å². The lowest BCUT2D eigenvalue weighted by molar-refractivity contribution is 0.173. The number of likely N-dealkylation sites (tertiary alicyclic amines) is 1. The van der Waals surface area contributed by atoms with Crippen LogP contribution >= 0.6 is 0 Å². The molecule has 2 heterocycles. The van der Waals surface area contributed by atoms with Crippen LogP contribution in [0.15, 0.2) is 0 Å². The Hall–Kier alpha value is -1.43. The fraction of sp³-hybridized carbons (Fsp3) is 0.700. The highest BCUT2D eigenvalue weighted by Gasteiger charge is 2.17. The van der Waals surface area contributed by atoms with Crippen molar-refractivity contribution >= 4 is 11.9 Å². The third-order valence-electron chi connectivity index (χ3n) is 2.82. The minimum absolute atomic E-state index is 0.201. The number of rotatable bonds is 2. The summed E-state index contributed by atoms with van der Waals surface area (Å²) >= 11 is 0. The average Bonchev–Trinajstić information content (AvgIpc) is 2.15. The van der Waals surface area contributed by atoms with Crippen molar-refractivity contribution in [2.45, 2.75) is 26.3 Å². The first-order chi connectivity index (χ1) is 7.63. The first-order valence-corrected chi connectivity index (χ1v) is 5.62. The summed E-state index contributed by atoms with van der Waals surface area (Å²) in [6, 6.07) is 0. The minimum Gasteiger partial charge on any atom is -0.368 e. The topological polar surface area (TPSA) is 94.0 Å². The Labute approximate surface area is 95.1 Å². The number of aromatic nitrogens is 3. The van der Waals surface area contributed by atoms with Crippen molar-refractivity contribution in [2.24, 2.45) is 5.92 Å². The summed E-state index contributed by atoms with van der Waals surface area (Å²) in [6.07, 6.45) is 2.54. The van der Waals surface area contributed by atoms with Crippen LogP contribution in [0.3, 0.4) is 0 Å². The van der Waals surface area contributed by atoms with Crippen LogP contribution in [-0.2, 0) is 6.54 Å². The lowest BCUT2D eigenvalue weighted by Gasteiger charge is -2.30. The molecule has 0 aromatic carbocycles. The normalized spacial score (nSPS) is 22.2. The summed E-state index contributed by atoms with van der Waals surface area (Å²) in [6.45, 7) is 5.16. The van der Waals surface area contributed by atoms with Crippen molar-refractivity contribution < 1.29 is 0 Å². The molecule has 0 spiro atoms. The van der Waals surface area contributed by atoms with Crippen LogP contribution in [0.25, 0.3) is 0 Å². The minimum atomic E-state index is 0.201. The molecule has 1 atom stereocenters. The summed E-state index contributed by atoms with van der Waals surface area (Å²) in [7, 11) is 0. The van der Waals surface area contributed by atoms with E-state index in [4.69, 9.17) is 11.5 Å². The van der Waals surface area contributed by atoms with Crippen molar-refractivity contribution in [1.29, 1.82) is 0 Å². The molecule has 4 N–H and O–H groups in total. The van der Waals surface area contributed by atoms with Gasteiger partial charge in [0.25, 0.3) is 0 Å². The second-order valence-corrected chi connectivity index (χ2v) is 4.45. The summed E-state index contributed by atoms with van der Waals surface area (Å²) in [5, 5.41) is 0. The van der Waals surface area contributed by atoms with Gasteiger partial charge in [-0.25, -0.2) is 0 Å². The van der Waals surface area contributed by atoms with Gasteiger partial charge in [-0.2, -0.15) is 15.0 Å². The molecule has 6 nitrogen and oxygen atoms in total. The van der Waals surface area contributed by atoms with Crippen molar-refractivity contribution in [3.63, 3.8) is 0 Å². The number of anilines is 2. The third-order valence-corrected chi connectivity index (χ3v) is 2.82. The molecule has 0 bridgehead atoms. The Balaban J connectivity index is 2.02. The number of nitrogens with zero attached hydrogens (tertiary/aromatic N) is 4. The zero-order valence-corrected chi connectivity index (χ0v) is 9.56. The average molecular weight is 222 g/mol. The van der Waals surface area contributed by atoms with Crippen LogP contribution in [-0.4, -0.2) is 32.9 Å². The maximum absolute atomic E-state index is 5.53. The van der Waals surface area contributed by atoms with E-state index in [1.165, 1.54) is 12.8 Å². The maximum Gasteiger partial charge on any atom is 0.225 e. The first kappa shape index (κ1) is 11.1. The van der Waals surface area contributed by atoms with E-state index in [0.29, 0.717) is 12.4 Å². The van der Waals surface area contributed by atoms with E-state index in [2.05, 4.69) is 26.8 Å². The highest BCUT2D eigenvalue weighted by molar-refractivity contribution is 5.25. The van der Waals surface area contributed by atoms with Crippen molar-refractivity contribution in [1.82, 2.24) is 19.9 Å². The maximum atomic E-state index is 5.53. The SMILES string of the molecule is C[C@@H]1CCCN(Cc2nc(N)nc(N)n2)C1. The predicted molar refractivity (Wildman–Crippen MR) is 62.3 cm³/mol. The van der Waals surface area contributed by atoms with E-state index in [1.807, 2.05) is 0 Å². The van der Waals surface area contributed by atoms with Gasteiger partial charge in [0.05, 0.1) is 6.54 Å². The van der Waals surface area contributed by atoms with E-state index in [0.717, 1.165) is 19.0 Å². The molecule has 0 aliphatic carbocycles. The second-order valence-electron chi connectivity index (χ2n) is 4.45. The highest BCUT2D eigenvalue weighted by atomic mass is 15.2. The molecule has 1 aromatic rings. The molecule has 0 amide bonds. The van der Waals surface area contributed by atoms with Crippen LogP contribution in [0.5, 0.6) is 0 Å². The Kier molecular flexibility index (Phi) is 3.19. The quantitative estimate of drug-likeness (QED) is 0.746. The van der Waals surface area contributed by atoms with Gasteiger partial charge in [0.2, 0.25) is 11.9 Å². The molecule has 88 valence electrons. The lowest BCUT2D eigenvalue weighted by atomic mass is 10.0. The Morgan fingerprint density at radius 1 is 1.25 bits per heavy atom. The summed E-state index contributed by atoms with van der Waals surface area (Å²) in [5.41, 5.74) is 11.1. The van der Waals surface area contributed by atoms with Gasteiger partial charge in [0.15, 0.2) is 0 Å². The molecule has 16 heavy (non-hydrogen) atoms. The van der Waals surface area contributed by atoms with Crippen molar-refractivity contribution in [3.8, 4) is 0 Å². The highest BCUT2D eigenvalue weighted by Crippen LogP contribution is 2.16. The van der Waals surface area contributed by atoms with Crippen LogP contribution in [0.1, 0.15) is 25.6 Å². The number of nitrogens with two attached hydrogens (primary N) is 2. The monoisotopic (exact) mass is 222 g/mol. The number of piperidine rings is 1. The fourth-order valence-corrected chi connectivity index (χ4v) is 2.16. The Bertz CT molecular complexity index is 346. The molecular formula is C10H18N6. The molecule has 1 aliphatic heterocycles. The van der Waals surface area contributed by atoms with Gasteiger partial charge in [-0.05, 0) is 25.3 Å². The smallest absolute Gasteiger partial charge is 0.225 e. The van der Waals surface area contributed by atoms with Crippen molar-refractivity contribution in [3.05, 3.63) is 5.82 Å². The van der Waals surface area contributed by atoms with Crippen LogP contribution in [0.2, 0.25) is 0 Å². The largest absolute Gasteiger partial charge is 0.368 e. The lowest BCUT2D eigenvalue weighted by Crippen LogP contribution is -2.34. The molecule has 1 aromatic heterocycles. The second kappa shape index (κ2) is 4.61. The predicted octanol–water partition coefficient (Wildman–Crippen LogP) is 0.268. The van der Waals surface area contributed by atoms with Gasteiger partial charge >= 0.3 is 0 Å². The van der Waals surface area contributed by atoms with Crippen LogP contribution in [0.4, 0.5) is 11.9 Å². The summed E-state index contributed by atoms with van der Waals surface area (Å²) in [5.74, 6) is 1.81. The summed E-state index contributed by atoms with van der Waals surface area (Å²) in [4.78, 5) is 14.3. The molecule has 1 aliphatic rings. The number of hydrogen-bond acceptors (Lipinski definition) is 6. The molecule has 2 rings (SSSR count). The molecule has 6 heteroatoms. The van der Waals surface area contributed by atoms with Gasteiger partial charge in [-0.3, -0.25) is 4.90 Å². The van der Waals surface area contributed by atoms with Crippen LogP contribution < -0.4 is 11.5 Å². The Morgan fingerprint density at radius 3 is 2.56 bits per heavy atom. The first-order valence-electron chi connectivity index (χ1n) is 5.62. The van der Waals surface area contributed by atoms with Crippen molar-refractivity contribution in [2.75, 3.05) is 24.6 Å². The van der Waals surface area contributed by atoms with E-state index >= 15 is 0 Å². The molecular weight excluding hydrogens is 204 g/mol. The van der Waals surface area contributed by atoms with Crippen LogP contribution in [0, 0.1) is 5.92 Å². The molecule has 1 saturated heterocycles. The molecule has 0 unspecified atom stereocenters. The van der Waals surface area contributed by atoms with Gasteiger partial charge in [-0.15, -0.1) is 0 Å². The standard InChI is InChI=1S/C10H18N6/c1-7-3-2-4-16(5-7)6-8-13-9(11)15-10(12)14-8/h7H,2-6H2,1H3,(H4,11,12,13,14,15)/t7-/m1/s1. The van der Waals surface area contributed by atoms with E-state index < -0.39 is 0 Å². The number of hydrogen-bond donors (Lipinski definition) is 2. The van der Waals surface area contributed by atoms with E-state index in [1.54, 1.807) is 0 Å².